The summed E-state index contributed by atoms with van der Waals surface area (Å²) >= 11 is 0. The maximum absolute atomic E-state index is 2.85. The van der Waals surface area contributed by atoms with Crippen LogP contribution >= 0.6 is 9.24 Å². The van der Waals surface area contributed by atoms with Crippen LogP contribution in [0.5, 0.6) is 0 Å². The van der Waals surface area contributed by atoms with Gasteiger partial charge in [0.25, 0.3) is 0 Å². The molecule has 1 saturated heterocycles. The summed E-state index contributed by atoms with van der Waals surface area (Å²) in [5, 5.41) is 0. The predicted octanol–water partition coefficient (Wildman–Crippen LogP) is 3.54. The van der Waals surface area contributed by atoms with Gasteiger partial charge in [-0.15, -0.1) is 9.24 Å². The van der Waals surface area contributed by atoms with Gasteiger partial charge in [0, 0.05) is 12.1 Å². The minimum absolute atomic E-state index is 0.742. The van der Waals surface area contributed by atoms with Crippen molar-refractivity contribution in [1.29, 1.82) is 0 Å². The van der Waals surface area contributed by atoms with E-state index < -0.39 is 0 Å². The fourth-order valence-corrected chi connectivity index (χ4v) is 2.59. The number of piperidine rings is 1. The molecular weight excluding hydrogens is 189 g/mol. The van der Waals surface area contributed by atoms with Gasteiger partial charge < -0.3 is 0 Å². The maximum Gasteiger partial charge on any atom is 0.0101 e. The lowest BCUT2D eigenvalue weighted by Gasteiger charge is -2.38. The Morgan fingerprint density at radius 3 is 2.43 bits per heavy atom. The molecule has 14 heavy (non-hydrogen) atoms. The van der Waals surface area contributed by atoms with E-state index in [4.69, 9.17) is 0 Å². The molecule has 2 atom stereocenters. The van der Waals surface area contributed by atoms with E-state index in [1.54, 1.807) is 0 Å². The van der Waals surface area contributed by atoms with Gasteiger partial charge in [0.1, 0.15) is 0 Å². The van der Waals surface area contributed by atoms with E-state index >= 15 is 0 Å². The molecule has 0 radical (unpaired) electrons. The molecule has 1 aliphatic rings. The highest BCUT2D eigenvalue weighted by Gasteiger charge is 2.22. The van der Waals surface area contributed by atoms with Crippen molar-refractivity contribution in [2.24, 2.45) is 0 Å². The third-order valence-corrected chi connectivity index (χ3v) is 3.17. The first kappa shape index (κ1) is 14.4. The van der Waals surface area contributed by atoms with Gasteiger partial charge in [-0.2, -0.15) is 0 Å². The van der Waals surface area contributed by atoms with Gasteiger partial charge in [-0.25, -0.2) is 0 Å². The van der Waals surface area contributed by atoms with E-state index in [0.717, 1.165) is 12.1 Å². The van der Waals surface area contributed by atoms with Crippen LogP contribution in [0, 0.1) is 0 Å². The normalized spacial score (nSPS) is 23.1. The van der Waals surface area contributed by atoms with Crippen LogP contribution in [-0.2, 0) is 0 Å². The molecule has 2 heteroatoms. The quantitative estimate of drug-likeness (QED) is 0.654. The van der Waals surface area contributed by atoms with Crippen molar-refractivity contribution in [2.45, 2.75) is 65.5 Å². The average Bonchev–Trinajstić information content (AvgIpc) is 2.22. The van der Waals surface area contributed by atoms with Crippen molar-refractivity contribution in [3.63, 3.8) is 0 Å². The zero-order valence-electron chi connectivity index (χ0n) is 10.4. The minimum atomic E-state index is 0.742. The summed E-state index contributed by atoms with van der Waals surface area (Å²) in [6.45, 7) is 9.97. The topological polar surface area (TPSA) is 3.24 Å². The SMILES string of the molecule is CC.CC(C)N1CCCCC1CCP. The van der Waals surface area contributed by atoms with E-state index in [1.807, 2.05) is 13.8 Å². The Labute approximate surface area is 92.8 Å². The number of hydrogen-bond acceptors (Lipinski definition) is 1. The molecule has 1 fully saturated rings. The lowest BCUT2D eigenvalue weighted by molar-refractivity contribution is 0.109. The Balaban J connectivity index is 0.000000791. The first-order valence-corrected chi connectivity index (χ1v) is 7.03. The zero-order valence-corrected chi connectivity index (χ0v) is 11.6. The van der Waals surface area contributed by atoms with Crippen molar-refractivity contribution >= 4 is 9.24 Å². The molecule has 0 spiro atoms. The fourth-order valence-electron chi connectivity index (χ4n) is 2.21. The van der Waals surface area contributed by atoms with Gasteiger partial charge in [0.2, 0.25) is 0 Å². The van der Waals surface area contributed by atoms with Crippen LogP contribution in [-0.4, -0.2) is 29.7 Å². The highest BCUT2D eigenvalue weighted by molar-refractivity contribution is 7.16. The summed E-state index contributed by atoms with van der Waals surface area (Å²) in [5.41, 5.74) is 0. The predicted molar refractivity (Wildman–Crippen MR) is 70.0 cm³/mol. The monoisotopic (exact) mass is 217 g/mol. The molecule has 0 amide bonds. The molecular formula is C12H28NP. The van der Waals surface area contributed by atoms with Crippen LogP contribution in [0.25, 0.3) is 0 Å². The summed E-state index contributed by atoms with van der Waals surface area (Å²) in [4.78, 5) is 2.67. The second-order valence-electron chi connectivity index (χ2n) is 4.06. The standard InChI is InChI=1S/C10H22NP.C2H6/c1-9(2)11-7-4-3-5-10(11)6-8-12;1-2/h9-10H,3-8,12H2,1-2H3;1-2H3. The number of hydrogen-bond donors (Lipinski definition) is 0. The Bertz CT molecular complexity index is 123. The molecule has 2 unspecified atom stereocenters. The van der Waals surface area contributed by atoms with Gasteiger partial charge in [-0.1, -0.05) is 20.3 Å². The van der Waals surface area contributed by atoms with Crippen molar-refractivity contribution < 1.29 is 0 Å². The molecule has 1 rings (SSSR count). The third-order valence-electron chi connectivity index (χ3n) is 2.84. The summed E-state index contributed by atoms with van der Waals surface area (Å²) in [6, 6.07) is 1.61. The van der Waals surface area contributed by atoms with Crippen molar-refractivity contribution in [2.75, 3.05) is 12.7 Å². The van der Waals surface area contributed by atoms with Crippen LogP contribution in [0.2, 0.25) is 0 Å². The second-order valence-corrected chi connectivity index (χ2v) is 4.64. The molecule has 0 N–H and O–H groups in total. The average molecular weight is 217 g/mol. The van der Waals surface area contributed by atoms with Gasteiger partial charge in [-0.3, -0.25) is 4.90 Å². The Kier molecular flexibility index (Phi) is 8.92. The highest BCUT2D eigenvalue weighted by Crippen LogP contribution is 2.22. The second kappa shape index (κ2) is 8.68. The van der Waals surface area contributed by atoms with Crippen LogP contribution < -0.4 is 0 Å². The molecule has 0 aromatic rings. The summed E-state index contributed by atoms with van der Waals surface area (Å²) in [6.07, 6.45) is 6.90. The van der Waals surface area contributed by atoms with Crippen LogP contribution in [0.3, 0.4) is 0 Å². The number of nitrogens with zero attached hydrogens (tertiary/aromatic N) is 1. The molecule has 0 bridgehead atoms. The van der Waals surface area contributed by atoms with Crippen LogP contribution in [0.1, 0.15) is 53.4 Å². The molecule has 0 aromatic heterocycles. The van der Waals surface area contributed by atoms with E-state index in [1.165, 1.54) is 38.4 Å². The zero-order chi connectivity index (χ0) is 11.0. The summed E-state index contributed by atoms with van der Waals surface area (Å²) < 4.78 is 0. The largest absolute Gasteiger partial charge is 0.298 e. The molecule has 0 aromatic carbocycles. The third kappa shape index (κ3) is 4.75. The van der Waals surface area contributed by atoms with E-state index in [0.29, 0.717) is 0 Å². The van der Waals surface area contributed by atoms with E-state index in [2.05, 4.69) is 28.0 Å². The van der Waals surface area contributed by atoms with E-state index in [-0.39, 0.29) is 0 Å². The van der Waals surface area contributed by atoms with Gasteiger partial charge in [0.05, 0.1) is 0 Å². The first-order valence-electron chi connectivity index (χ1n) is 6.21. The van der Waals surface area contributed by atoms with Crippen LogP contribution in [0.4, 0.5) is 0 Å². The van der Waals surface area contributed by atoms with Crippen molar-refractivity contribution in [3.05, 3.63) is 0 Å². The van der Waals surface area contributed by atoms with Crippen molar-refractivity contribution in [3.8, 4) is 0 Å². The smallest absolute Gasteiger partial charge is 0.0101 e. The Hall–Kier alpha value is 0.390. The first-order chi connectivity index (χ1) is 6.75. The summed E-state index contributed by atoms with van der Waals surface area (Å²) in [7, 11) is 2.85. The maximum atomic E-state index is 2.85. The minimum Gasteiger partial charge on any atom is -0.298 e. The van der Waals surface area contributed by atoms with E-state index in [9.17, 15) is 0 Å². The molecule has 0 aliphatic carbocycles. The van der Waals surface area contributed by atoms with Gasteiger partial charge in [0.15, 0.2) is 0 Å². The van der Waals surface area contributed by atoms with Gasteiger partial charge in [-0.05, 0) is 45.8 Å². The molecule has 0 saturated carbocycles. The highest BCUT2D eigenvalue weighted by atomic mass is 31.0. The number of rotatable bonds is 3. The molecule has 86 valence electrons. The van der Waals surface area contributed by atoms with Crippen LogP contribution in [0.15, 0.2) is 0 Å². The fraction of sp³-hybridized carbons (Fsp3) is 1.00. The molecule has 1 heterocycles. The summed E-state index contributed by atoms with van der Waals surface area (Å²) in [5.74, 6) is 0. The lowest BCUT2D eigenvalue weighted by Crippen LogP contribution is -2.43. The molecule has 1 nitrogen and oxygen atoms in total. The van der Waals surface area contributed by atoms with Gasteiger partial charge >= 0.3 is 0 Å². The molecule has 1 aliphatic heterocycles. The Morgan fingerprint density at radius 2 is 1.93 bits per heavy atom. The lowest BCUT2D eigenvalue weighted by atomic mass is 9.98. The Morgan fingerprint density at radius 1 is 1.29 bits per heavy atom. The number of likely N-dealkylation sites (tertiary alicyclic amines) is 1. The van der Waals surface area contributed by atoms with Crippen molar-refractivity contribution in [1.82, 2.24) is 4.90 Å².